The fraction of sp³-hybridized carbons (Fsp3) is 0.200. The molecule has 1 aliphatic heterocycles. The standard InChI is InChI=1S/C30H28FN3O5S2/c1-2-39-30(36)27-24-16-17-34(18-20-8-4-3-5-9-20)19-26(24)40-29(27)32-28(35)23-10-6-7-11-25(23)33-41(37,38)22-14-12-21(31)13-15-22/h3-15,33H,2,16-19H2,1H3,(H,32,35). The predicted molar refractivity (Wildman–Crippen MR) is 156 cm³/mol. The van der Waals surface area contributed by atoms with Crippen molar-refractivity contribution in [3.8, 4) is 0 Å². The maximum Gasteiger partial charge on any atom is 0.341 e. The largest absolute Gasteiger partial charge is 0.462 e. The summed E-state index contributed by atoms with van der Waals surface area (Å²) < 4.78 is 46.9. The van der Waals surface area contributed by atoms with Gasteiger partial charge >= 0.3 is 5.97 Å². The van der Waals surface area contributed by atoms with Gasteiger partial charge in [-0.3, -0.25) is 14.4 Å². The molecule has 1 amide bonds. The molecule has 0 saturated carbocycles. The highest BCUT2D eigenvalue weighted by atomic mass is 32.2. The van der Waals surface area contributed by atoms with E-state index < -0.39 is 27.7 Å². The maximum absolute atomic E-state index is 13.5. The molecule has 4 aromatic rings. The Hall–Kier alpha value is -4.06. The molecule has 0 bridgehead atoms. The van der Waals surface area contributed by atoms with Gasteiger partial charge in [0.1, 0.15) is 10.8 Å². The number of para-hydroxylation sites is 1. The average molecular weight is 594 g/mol. The molecule has 0 fully saturated rings. The number of rotatable bonds is 9. The van der Waals surface area contributed by atoms with Crippen LogP contribution in [0.1, 0.15) is 43.6 Å². The summed E-state index contributed by atoms with van der Waals surface area (Å²) in [6, 6.07) is 20.6. The summed E-state index contributed by atoms with van der Waals surface area (Å²) in [7, 11) is -4.10. The zero-order valence-corrected chi connectivity index (χ0v) is 23.9. The molecule has 11 heteroatoms. The van der Waals surface area contributed by atoms with Crippen LogP contribution in [0.15, 0.2) is 83.8 Å². The van der Waals surface area contributed by atoms with Crippen molar-refractivity contribution in [1.82, 2.24) is 4.90 Å². The molecule has 212 valence electrons. The van der Waals surface area contributed by atoms with Crippen LogP contribution in [0.25, 0.3) is 0 Å². The fourth-order valence-corrected chi connectivity index (χ4v) is 7.05. The molecule has 0 radical (unpaired) electrons. The Kier molecular flexibility index (Phi) is 8.48. The van der Waals surface area contributed by atoms with Crippen molar-refractivity contribution in [2.45, 2.75) is 31.3 Å². The summed E-state index contributed by atoms with van der Waals surface area (Å²) >= 11 is 1.32. The Morgan fingerprint density at radius 1 is 1.00 bits per heavy atom. The minimum Gasteiger partial charge on any atom is -0.462 e. The third-order valence-corrected chi connectivity index (χ3v) is 9.15. The van der Waals surface area contributed by atoms with Crippen molar-refractivity contribution in [3.63, 3.8) is 0 Å². The molecule has 1 aliphatic rings. The molecule has 0 spiro atoms. The lowest BCUT2D eigenvalue weighted by atomic mass is 10.0. The summed E-state index contributed by atoms with van der Waals surface area (Å²) in [5.41, 5.74) is 2.49. The Morgan fingerprint density at radius 2 is 1.71 bits per heavy atom. The van der Waals surface area contributed by atoms with E-state index in [1.165, 1.54) is 29.0 Å². The fourth-order valence-electron chi connectivity index (χ4n) is 4.70. The molecule has 41 heavy (non-hydrogen) atoms. The van der Waals surface area contributed by atoms with E-state index in [0.717, 1.165) is 47.8 Å². The van der Waals surface area contributed by atoms with Gasteiger partial charge in [-0.2, -0.15) is 0 Å². The maximum atomic E-state index is 13.5. The van der Waals surface area contributed by atoms with Gasteiger partial charge in [-0.1, -0.05) is 42.5 Å². The number of carbonyl (C=O) groups is 2. The number of esters is 1. The van der Waals surface area contributed by atoms with Crippen LogP contribution < -0.4 is 10.0 Å². The van der Waals surface area contributed by atoms with Crippen LogP contribution in [0.2, 0.25) is 0 Å². The van der Waals surface area contributed by atoms with Gasteiger partial charge in [0.15, 0.2) is 0 Å². The van der Waals surface area contributed by atoms with Crippen molar-refractivity contribution in [2.24, 2.45) is 0 Å². The van der Waals surface area contributed by atoms with Crippen LogP contribution in [0.5, 0.6) is 0 Å². The Morgan fingerprint density at radius 3 is 2.44 bits per heavy atom. The summed E-state index contributed by atoms with van der Waals surface area (Å²) in [4.78, 5) is 29.6. The van der Waals surface area contributed by atoms with Crippen molar-refractivity contribution in [1.29, 1.82) is 0 Å². The average Bonchev–Trinajstić information content (AvgIpc) is 3.31. The van der Waals surface area contributed by atoms with Gasteiger partial charge in [0.25, 0.3) is 15.9 Å². The minimum atomic E-state index is -4.10. The highest BCUT2D eigenvalue weighted by molar-refractivity contribution is 7.92. The number of carbonyl (C=O) groups excluding carboxylic acids is 2. The highest BCUT2D eigenvalue weighted by Crippen LogP contribution is 2.38. The Bertz CT molecular complexity index is 1670. The number of sulfonamides is 1. The van der Waals surface area contributed by atoms with Gasteiger partial charge in [0.05, 0.1) is 28.3 Å². The molecule has 8 nitrogen and oxygen atoms in total. The SMILES string of the molecule is CCOC(=O)c1c(NC(=O)c2ccccc2NS(=O)(=O)c2ccc(F)cc2)sc2c1CCN(Cc1ccccc1)C2. The number of amides is 1. The van der Waals surface area contributed by atoms with Crippen LogP contribution in [-0.2, 0) is 34.3 Å². The van der Waals surface area contributed by atoms with E-state index in [1.807, 2.05) is 18.2 Å². The third kappa shape index (κ3) is 6.48. The van der Waals surface area contributed by atoms with Gasteiger partial charge < -0.3 is 10.1 Å². The second-order valence-corrected chi connectivity index (χ2v) is 12.2. The Labute approximate surface area is 241 Å². The summed E-state index contributed by atoms with van der Waals surface area (Å²) in [5.74, 6) is -1.67. The van der Waals surface area contributed by atoms with Gasteiger partial charge in [-0.15, -0.1) is 11.3 Å². The van der Waals surface area contributed by atoms with E-state index in [-0.39, 0.29) is 22.8 Å². The van der Waals surface area contributed by atoms with Crippen molar-refractivity contribution in [3.05, 3.63) is 112 Å². The number of nitrogens with zero attached hydrogens (tertiary/aromatic N) is 1. The van der Waals surface area contributed by atoms with Gasteiger partial charge in [-0.25, -0.2) is 17.6 Å². The number of halogens is 1. The molecule has 1 aromatic heterocycles. The van der Waals surface area contributed by atoms with Crippen molar-refractivity contribution in [2.75, 3.05) is 23.2 Å². The van der Waals surface area contributed by atoms with Crippen LogP contribution in [0, 0.1) is 5.82 Å². The monoisotopic (exact) mass is 593 g/mol. The van der Waals surface area contributed by atoms with Crippen LogP contribution in [-0.4, -0.2) is 38.3 Å². The van der Waals surface area contributed by atoms with E-state index in [9.17, 15) is 22.4 Å². The molecule has 0 saturated heterocycles. The molecule has 2 heterocycles. The summed E-state index contributed by atoms with van der Waals surface area (Å²) in [6.45, 7) is 4.03. The number of anilines is 2. The van der Waals surface area contributed by atoms with E-state index >= 15 is 0 Å². The number of thiophene rings is 1. The predicted octanol–water partition coefficient (Wildman–Crippen LogP) is 5.68. The molecule has 3 aromatic carbocycles. The number of nitrogens with one attached hydrogen (secondary N) is 2. The first-order chi connectivity index (χ1) is 19.7. The van der Waals surface area contributed by atoms with E-state index in [4.69, 9.17) is 4.74 Å². The smallest absolute Gasteiger partial charge is 0.341 e. The van der Waals surface area contributed by atoms with E-state index in [0.29, 0.717) is 23.5 Å². The lowest BCUT2D eigenvalue weighted by Crippen LogP contribution is -2.30. The van der Waals surface area contributed by atoms with Crippen molar-refractivity contribution >= 4 is 43.9 Å². The van der Waals surface area contributed by atoms with Gasteiger partial charge in [0.2, 0.25) is 0 Å². The van der Waals surface area contributed by atoms with E-state index in [1.54, 1.807) is 19.1 Å². The first-order valence-corrected chi connectivity index (χ1v) is 15.3. The number of hydrogen-bond donors (Lipinski definition) is 2. The number of fused-ring (bicyclic) bond motifs is 1. The molecular formula is C30H28FN3O5S2. The number of hydrogen-bond acceptors (Lipinski definition) is 7. The lowest BCUT2D eigenvalue weighted by Gasteiger charge is -2.27. The van der Waals surface area contributed by atoms with Crippen molar-refractivity contribution < 1.29 is 27.1 Å². The molecule has 5 rings (SSSR count). The molecular weight excluding hydrogens is 565 g/mol. The minimum absolute atomic E-state index is 0.0439. The topological polar surface area (TPSA) is 105 Å². The van der Waals surface area contributed by atoms with Crippen LogP contribution in [0.4, 0.5) is 15.1 Å². The lowest BCUT2D eigenvalue weighted by molar-refractivity contribution is 0.0526. The zero-order chi connectivity index (χ0) is 29.0. The first-order valence-electron chi connectivity index (χ1n) is 13.0. The van der Waals surface area contributed by atoms with Gasteiger partial charge in [-0.05, 0) is 60.9 Å². The molecule has 0 unspecified atom stereocenters. The summed E-state index contributed by atoms with van der Waals surface area (Å²) in [6.07, 6.45) is 0.622. The number of benzene rings is 3. The molecule has 0 aliphatic carbocycles. The second kappa shape index (κ2) is 12.2. The third-order valence-electron chi connectivity index (χ3n) is 6.63. The first kappa shape index (κ1) is 28.5. The molecule has 0 atom stereocenters. The highest BCUT2D eigenvalue weighted by Gasteiger charge is 2.30. The quantitative estimate of drug-likeness (QED) is 0.242. The molecule has 2 N–H and O–H groups in total. The second-order valence-electron chi connectivity index (χ2n) is 9.43. The van der Waals surface area contributed by atoms with Crippen LogP contribution >= 0.6 is 11.3 Å². The Balaban J connectivity index is 1.41. The number of ether oxygens (including phenoxy) is 1. The van der Waals surface area contributed by atoms with Gasteiger partial charge in [0, 0.05) is 24.5 Å². The zero-order valence-electron chi connectivity index (χ0n) is 22.2. The summed E-state index contributed by atoms with van der Waals surface area (Å²) in [5, 5.41) is 3.19. The van der Waals surface area contributed by atoms with E-state index in [2.05, 4.69) is 27.1 Å². The van der Waals surface area contributed by atoms with Crippen LogP contribution in [0.3, 0.4) is 0 Å². The normalized spacial score (nSPS) is 13.3.